The predicted molar refractivity (Wildman–Crippen MR) is 484 cm³/mol. The van der Waals surface area contributed by atoms with Gasteiger partial charge in [-0.1, -0.05) is 113 Å². The fourth-order valence-electron chi connectivity index (χ4n) is 18.2. The Morgan fingerprint density at radius 2 is 0.838 bits per heavy atom. The zero-order chi connectivity index (χ0) is 95.5. The Bertz CT molecular complexity index is 5960. The van der Waals surface area contributed by atoms with Crippen LogP contribution in [0.2, 0.25) is 0 Å². The largest absolute Gasteiger partial charge is 1.00 e. The molecule has 7 aliphatic carbocycles. The molecule has 12 aromatic rings. The van der Waals surface area contributed by atoms with Gasteiger partial charge in [0.25, 0.3) is 5.69 Å². The van der Waals surface area contributed by atoms with Gasteiger partial charge in [-0.05, 0) is 226 Å². The van der Waals surface area contributed by atoms with Crippen LogP contribution in [0.5, 0.6) is 0 Å². The summed E-state index contributed by atoms with van der Waals surface area (Å²) in [5, 5.41) is 73.3. The van der Waals surface area contributed by atoms with Crippen LogP contribution in [0.15, 0.2) is 231 Å². The molecule has 7 N–H and O–H groups in total. The third-order valence-corrected chi connectivity index (χ3v) is 25.6. The van der Waals surface area contributed by atoms with E-state index in [1.165, 1.54) is 114 Å². The molecule has 0 saturated carbocycles. The van der Waals surface area contributed by atoms with E-state index < -0.39 is 92.5 Å². The fraction of sp³-hybridized carbons (Fsp3) is 0.352. The molecule has 13 atom stereocenters. The Hall–Kier alpha value is -11.9. The van der Waals surface area contributed by atoms with Gasteiger partial charge in [-0.3, -0.25) is 54.6 Å². The number of halogens is 8. The van der Waals surface area contributed by atoms with Gasteiger partial charge in [0, 0.05) is 151 Å². The zero-order valence-corrected chi connectivity index (χ0v) is 75.9. The van der Waals surface area contributed by atoms with Gasteiger partial charge >= 0.3 is 24.8 Å². The number of esters is 1. The van der Waals surface area contributed by atoms with E-state index in [2.05, 4.69) is 67.8 Å². The number of hydrogen-bond acceptors (Lipinski definition) is 21. The van der Waals surface area contributed by atoms with E-state index in [0.29, 0.717) is 108 Å². The molecule has 0 unspecified atom stereocenters. The molecule has 1 fully saturated rings. The maximum Gasteiger partial charge on any atom is 1.00 e. The Morgan fingerprint density at radius 1 is 0.426 bits per heavy atom. The zero-order valence-electron chi connectivity index (χ0n) is 75.9. The van der Waals surface area contributed by atoms with E-state index in [1.54, 1.807) is 61.1 Å². The molecule has 0 bridgehead atoms. The van der Waals surface area contributed by atoms with Crippen molar-refractivity contribution in [1.82, 2.24) is 34.9 Å². The summed E-state index contributed by atoms with van der Waals surface area (Å²) in [6.45, 7) is 8.63. The summed E-state index contributed by atoms with van der Waals surface area (Å²) in [5.41, 5.74) is 7.36. The summed E-state index contributed by atoms with van der Waals surface area (Å²) in [4.78, 5) is 75.8. The minimum atomic E-state index is -1.72. The smallest absolute Gasteiger partial charge is 0.870 e. The van der Waals surface area contributed by atoms with Gasteiger partial charge in [-0.15, -0.1) is 0 Å². The van der Waals surface area contributed by atoms with Gasteiger partial charge in [-0.25, -0.2) is 39.9 Å². The number of carbonyl (C=O) groups excluding carboxylic acids is 3. The first-order valence-corrected chi connectivity index (χ1v) is 45.0. The molecule has 708 valence electrons. The summed E-state index contributed by atoms with van der Waals surface area (Å²) >= 11 is 0. The van der Waals surface area contributed by atoms with Gasteiger partial charge < -0.3 is 45.6 Å². The molecule has 22 nitrogen and oxygen atoms in total. The van der Waals surface area contributed by atoms with Crippen molar-refractivity contribution in [3.8, 4) is 0 Å². The third-order valence-electron chi connectivity index (χ3n) is 25.6. The fourth-order valence-corrected chi connectivity index (χ4v) is 18.2. The van der Waals surface area contributed by atoms with E-state index >= 15 is 0 Å². The third kappa shape index (κ3) is 26.1. The number of carbonyl (C=O) groups is 3. The van der Waals surface area contributed by atoms with Gasteiger partial charge in [0.15, 0.2) is 52.3 Å². The Labute approximate surface area is 794 Å². The number of ketones is 2. The number of aliphatic hydroxyl groups excluding tert-OH is 3. The second-order valence-corrected chi connectivity index (χ2v) is 35.1. The van der Waals surface area contributed by atoms with Crippen molar-refractivity contribution >= 4 is 23.2 Å². The summed E-state index contributed by atoms with van der Waals surface area (Å²) < 4.78 is 118. The van der Waals surface area contributed by atoms with Gasteiger partial charge in [0.05, 0.1) is 68.8 Å². The SMILES string of the molecule is C[C@H]1CCC(=O)Cc2cccnc21.C[C@H]1CC[C@@H]2O[C@@H]2c2cccnc21.C[C@H]1CC[C@@](O)(c2cccc(F)c2F)Cc2cccnc21.C[C@H]1CC[C@H](O)Cc2cccnc21.Fc1ccccc1F.O=C(O[C@@H]1CC[C@@](O)(c2cccc(F)c2F)Cc2cccnc21)c1ccc([N+](=O)[O-])cc1.O=C1CCC[C@H](O)c2ncccc21.O[C@H]1CC[C@@](O)(c2cccc(F)c2F)Cc2cccnc21.[Li+].[OH-]. The molecule has 1 aliphatic heterocycles. The number of hydrogen-bond donors (Lipinski definition) is 6. The summed E-state index contributed by atoms with van der Waals surface area (Å²) in [5.74, 6) is -6.25. The van der Waals surface area contributed by atoms with Crippen molar-refractivity contribution in [2.75, 3.05) is 0 Å². The van der Waals surface area contributed by atoms with Crippen LogP contribution in [0.4, 0.5) is 40.8 Å². The standard InChI is InChI=1S/C23H18F2N2O5.C17H17F2NO.C16H15F2NO2.C11H13NO.C11H15NO.C11H13NO.C10H11NO2.C6H4F2.Li.H2O/c24-18-5-1-4-17(20(18)25)23(29)11-10-19(21-15(13-23)3-2-12-26-21)32-22(28)14-6-8-16(9-7-14)27(30)31;1-11-7-8-17(21,10-12-4-3-9-20-16(11)12)13-5-2-6-14(18)15(13)19;17-12-5-1-4-11(14(12)18)16(21)7-6-13(20)15-10(9-16)3-2-8-19-15;1-7-4-5-9-11(13-9)8-3-2-6-12-10(7)8;2*1-8-4-5-10(13)7-9-3-2-6-12-11(8)9;12-8-4-1-5-9(13)10-7(8)3-2-6-11-10;7-5-3-1-2-4-6(5)8;;/h1-9,12,19,29H,10-11,13H2;2-6,9,11,21H,7-8,10H2,1H3;1-5,8,13,20-21H,6-7,9H2;2-3,6-7,9,11H,4-5H2,1H3;2-3,6,8,10,13H,4-5,7H2,1H3;2-3,6,8H,4-5,7H2,1H3;2-3,6,9,13H,1,4-5H2;1-4H;;1H2/q;;;;;;;;+1;/p-1/t19-,23+;11-,17-;13-,16-;7-,9-,11+;8-,10-;8-;9-;;;/m1000000.../s1. The number of aromatic nitrogens is 7. The van der Waals surface area contributed by atoms with Crippen molar-refractivity contribution in [2.24, 2.45) is 0 Å². The number of nitrogens with zero attached hydrogens (tertiary/aromatic N) is 8. The quantitative estimate of drug-likeness (QED) is 0.0171. The van der Waals surface area contributed by atoms with Crippen molar-refractivity contribution in [3.05, 3.63) is 389 Å². The average Bonchev–Trinajstić information content (AvgIpc) is 1.60. The van der Waals surface area contributed by atoms with Crippen LogP contribution < -0.4 is 18.9 Å². The number of fused-ring (bicyclic) bond motifs is 9. The molecule has 5 aromatic carbocycles. The number of benzene rings is 5. The van der Waals surface area contributed by atoms with Crippen LogP contribution in [0.3, 0.4) is 0 Å². The Morgan fingerprint density at radius 3 is 1.38 bits per heavy atom. The summed E-state index contributed by atoms with van der Waals surface area (Å²) in [6, 6.07) is 47.4. The first-order valence-electron chi connectivity index (χ1n) is 45.0. The molecule has 136 heavy (non-hydrogen) atoms. The number of Topliss-reactive ketones (excluding diaryl/α,β-unsaturated/α-hetero) is 2. The maximum atomic E-state index is 14.5. The average molecular weight is 1860 g/mol. The van der Waals surface area contributed by atoms with Crippen LogP contribution in [0, 0.1) is 56.7 Å². The van der Waals surface area contributed by atoms with Crippen molar-refractivity contribution in [3.63, 3.8) is 0 Å². The normalized spacial score (nSPS) is 23.4. The topological polar surface area (TPSA) is 358 Å². The van der Waals surface area contributed by atoms with Gasteiger partial charge in [0.1, 0.15) is 18.0 Å². The minimum Gasteiger partial charge on any atom is -0.870 e. The van der Waals surface area contributed by atoms with Crippen LogP contribution in [-0.2, 0) is 63.2 Å². The molecular formula is C105H107F8LiN8O14. The van der Waals surface area contributed by atoms with E-state index in [-0.39, 0.29) is 115 Å². The number of ether oxygens (including phenoxy) is 2. The molecule has 8 heterocycles. The molecule has 8 aliphatic rings. The second-order valence-electron chi connectivity index (χ2n) is 35.1. The van der Waals surface area contributed by atoms with Crippen LogP contribution >= 0.6 is 0 Å². The van der Waals surface area contributed by atoms with E-state index in [9.17, 15) is 90.3 Å². The first kappa shape index (κ1) is 105. The van der Waals surface area contributed by atoms with Crippen LogP contribution in [0.25, 0.3) is 0 Å². The van der Waals surface area contributed by atoms with E-state index in [0.717, 1.165) is 85.0 Å². The molecule has 0 spiro atoms. The number of pyridine rings is 7. The van der Waals surface area contributed by atoms with Crippen molar-refractivity contribution < 1.29 is 119 Å². The predicted octanol–water partition coefficient (Wildman–Crippen LogP) is 17.4. The van der Waals surface area contributed by atoms with E-state index in [4.69, 9.17) is 9.47 Å². The number of non-ortho nitro benzene ring substituents is 1. The van der Waals surface area contributed by atoms with Crippen LogP contribution in [0.1, 0.15) is 283 Å². The summed E-state index contributed by atoms with van der Waals surface area (Å²) in [6.07, 6.45) is 21.5. The Balaban J connectivity index is 0.000000154. The van der Waals surface area contributed by atoms with Gasteiger partial charge in [0.2, 0.25) is 0 Å². The molecular weight excluding hydrogens is 1760 g/mol. The minimum absolute atomic E-state index is 0. The van der Waals surface area contributed by atoms with Crippen molar-refractivity contribution in [2.45, 2.75) is 233 Å². The molecule has 1 saturated heterocycles. The number of nitro groups is 1. The number of aliphatic hydroxyl groups is 6. The molecule has 7 aromatic heterocycles. The summed E-state index contributed by atoms with van der Waals surface area (Å²) in [7, 11) is 0. The molecule has 20 rings (SSSR count). The number of rotatable bonds is 6. The monoisotopic (exact) mass is 1860 g/mol. The van der Waals surface area contributed by atoms with Gasteiger partial charge in [-0.2, -0.15) is 0 Å². The molecule has 31 heteroatoms. The maximum absolute atomic E-state index is 14.5. The molecule has 0 amide bonds. The Kier molecular flexibility index (Phi) is 36.7. The number of epoxide rings is 1. The number of nitro benzene ring substituents is 1. The van der Waals surface area contributed by atoms with Crippen LogP contribution in [-0.4, -0.2) is 106 Å². The van der Waals surface area contributed by atoms with Crippen molar-refractivity contribution in [1.29, 1.82) is 0 Å². The van der Waals surface area contributed by atoms with E-state index in [1.807, 2.05) is 55.8 Å². The second kappa shape index (κ2) is 47.7. The first-order chi connectivity index (χ1) is 64.3. The molecule has 0 radical (unpaired) electrons.